The molecule has 2 aliphatic rings. The number of hydrogen-bond acceptors (Lipinski definition) is 5. The third-order valence-corrected chi connectivity index (χ3v) is 9.15. The van der Waals surface area contributed by atoms with Crippen LogP contribution in [0, 0.1) is 6.92 Å². The molecule has 2 aromatic heterocycles. The van der Waals surface area contributed by atoms with Gasteiger partial charge in [-0.05, 0) is 49.2 Å². The van der Waals surface area contributed by atoms with Gasteiger partial charge >= 0.3 is 0 Å². The van der Waals surface area contributed by atoms with Crippen LogP contribution in [0.2, 0.25) is 5.02 Å². The van der Waals surface area contributed by atoms with Crippen LogP contribution in [-0.4, -0.2) is 55.5 Å². The zero-order valence-electron chi connectivity index (χ0n) is 20.8. The summed E-state index contributed by atoms with van der Waals surface area (Å²) in [6, 6.07) is 18.5. The summed E-state index contributed by atoms with van der Waals surface area (Å²) in [5.41, 5.74) is 5.73. The monoisotopic (exact) mass is 546 g/mol. The molecule has 9 heteroatoms. The van der Waals surface area contributed by atoms with Crippen LogP contribution in [-0.2, 0) is 25.9 Å². The smallest absolute Gasteiger partial charge is 0.171 e. The van der Waals surface area contributed by atoms with Crippen LogP contribution in [0.5, 0.6) is 0 Å². The van der Waals surface area contributed by atoms with Gasteiger partial charge in [-0.15, -0.1) is 21.5 Å². The van der Waals surface area contributed by atoms with E-state index in [0.717, 1.165) is 71.1 Å². The fourth-order valence-corrected chi connectivity index (χ4v) is 7.01. The van der Waals surface area contributed by atoms with Crippen molar-refractivity contribution in [2.75, 3.05) is 20.1 Å². The van der Waals surface area contributed by atoms with Crippen LogP contribution in [0.3, 0.4) is 0 Å². The van der Waals surface area contributed by atoms with Crippen molar-refractivity contribution in [1.29, 1.82) is 0 Å². The van der Waals surface area contributed by atoms with Gasteiger partial charge in [0.15, 0.2) is 10.9 Å². The molecular formula is C28H27ClN6S2. The Morgan fingerprint density at radius 3 is 2.70 bits per heavy atom. The first kappa shape index (κ1) is 24.3. The Balaban J connectivity index is 1.32. The maximum absolute atomic E-state index is 6.67. The molecule has 0 saturated carbocycles. The number of benzene rings is 2. The number of thiocarbonyl (C=S) groups is 1. The average Bonchev–Trinajstić information content (AvgIpc) is 3.43. The van der Waals surface area contributed by atoms with Crippen LogP contribution in [0.4, 0.5) is 0 Å². The Hall–Kier alpha value is -3.07. The normalized spacial score (nSPS) is 14.4. The van der Waals surface area contributed by atoms with Crippen molar-refractivity contribution in [2.45, 2.75) is 32.9 Å². The molecule has 6 rings (SSSR count). The molecule has 37 heavy (non-hydrogen) atoms. The average molecular weight is 547 g/mol. The SMILES string of the molecule is Cc1nnc2n1-c1sc3c(c1C(c1ccccc1Cl)=NC2)CCN(C(=S)N(C)CCc1ccccc1)C3. The number of rotatable bonds is 4. The van der Waals surface area contributed by atoms with Crippen LogP contribution >= 0.6 is 35.2 Å². The molecule has 0 spiro atoms. The summed E-state index contributed by atoms with van der Waals surface area (Å²) < 4.78 is 2.17. The Morgan fingerprint density at radius 2 is 1.89 bits per heavy atom. The molecule has 4 heterocycles. The molecule has 6 nitrogen and oxygen atoms in total. The van der Waals surface area contributed by atoms with E-state index in [1.807, 2.05) is 25.1 Å². The molecule has 188 valence electrons. The minimum atomic E-state index is 0.472. The quantitative estimate of drug-likeness (QED) is 0.318. The third kappa shape index (κ3) is 4.47. The van der Waals surface area contributed by atoms with E-state index in [0.29, 0.717) is 11.6 Å². The number of aryl methyl sites for hydroxylation is 1. The number of hydrogen-bond donors (Lipinski definition) is 0. The first-order valence-corrected chi connectivity index (χ1v) is 14.0. The van der Waals surface area contributed by atoms with Gasteiger partial charge in [-0.3, -0.25) is 9.56 Å². The summed E-state index contributed by atoms with van der Waals surface area (Å²) in [7, 11) is 2.10. The molecule has 0 unspecified atom stereocenters. The Morgan fingerprint density at radius 1 is 1.11 bits per heavy atom. The number of thiophene rings is 1. The van der Waals surface area contributed by atoms with Crippen molar-refractivity contribution < 1.29 is 0 Å². The molecular weight excluding hydrogens is 520 g/mol. The van der Waals surface area contributed by atoms with Crippen LogP contribution in [0.15, 0.2) is 59.6 Å². The minimum absolute atomic E-state index is 0.472. The van der Waals surface area contributed by atoms with E-state index < -0.39 is 0 Å². The summed E-state index contributed by atoms with van der Waals surface area (Å²) in [4.78, 5) is 10.9. The molecule has 0 fully saturated rings. The van der Waals surface area contributed by atoms with Gasteiger partial charge < -0.3 is 9.80 Å². The number of aromatic nitrogens is 3. The Kier molecular flexibility index (Phi) is 6.56. The fourth-order valence-electron chi connectivity index (χ4n) is 5.11. The number of nitrogens with zero attached hydrogens (tertiary/aromatic N) is 6. The van der Waals surface area contributed by atoms with Gasteiger partial charge in [-0.25, -0.2) is 0 Å². The molecule has 4 aromatic rings. The molecule has 0 amide bonds. The van der Waals surface area contributed by atoms with E-state index in [4.69, 9.17) is 28.8 Å². The Bertz CT molecular complexity index is 1510. The largest absolute Gasteiger partial charge is 0.352 e. The highest BCUT2D eigenvalue weighted by Gasteiger charge is 2.33. The van der Waals surface area contributed by atoms with Gasteiger partial charge in [0.1, 0.15) is 17.4 Å². The van der Waals surface area contributed by atoms with E-state index in [9.17, 15) is 0 Å². The lowest BCUT2D eigenvalue weighted by Crippen LogP contribution is -2.44. The molecule has 0 radical (unpaired) electrons. The number of likely N-dealkylation sites (N-methyl/N-ethyl adjacent to an activating group) is 1. The highest BCUT2D eigenvalue weighted by Crippen LogP contribution is 2.40. The molecule has 0 saturated heterocycles. The lowest BCUT2D eigenvalue weighted by atomic mass is 9.95. The summed E-state index contributed by atoms with van der Waals surface area (Å²) in [6.07, 6.45) is 1.87. The highest BCUT2D eigenvalue weighted by atomic mass is 35.5. The molecule has 0 aliphatic carbocycles. The zero-order valence-corrected chi connectivity index (χ0v) is 23.2. The van der Waals surface area contributed by atoms with Gasteiger partial charge in [0.25, 0.3) is 0 Å². The summed E-state index contributed by atoms with van der Waals surface area (Å²) in [6.45, 7) is 5.02. The summed E-state index contributed by atoms with van der Waals surface area (Å²) in [5, 5.41) is 11.5. The van der Waals surface area contributed by atoms with Crippen molar-refractivity contribution in [3.63, 3.8) is 0 Å². The first-order valence-electron chi connectivity index (χ1n) is 12.4. The zero-order chi connectivity index (χ0) is 25.5. The molecule has 0 N–H and O–H groups in total. The minimum Gasteiger partial charge on any atom is -0.352 e. The van der Waals surface area contributed by atoms with E-state index in [1.54, 1.807) is 11.3 Å². The summed E-state index contributed by atoms with van der Waals surface area (Å²) >= 11 is 14.4. The predicted octanol–water partition coefficient (Wildman–Crippen LogP) is 5.46. The van der Waals surface area contributed by atoms with Gasteiger partial charge in [0.05, 0.1) is 12.3 Å². The van der Waals surface area contributed by atoms with E-state index in [-0.39, 0.29) is 0 Å². The van der Waals surface area contributed by atoms with Crippen molar-refractivity contribution >= 4 is 46.0 Å². The van der Waals surface area contributed by atoms with Crippen molar-refractivity contribution in [2.24, 2.45) is 4.99 Å². The second-order valence-corrected chi connectivity index (χ2v) is 11.3. The van der Waals surface area contributed by atoms with Crippen molar-refractivity contribution in [3.05, 3.63) is 98.4 Å². The van der Waals surface area contributed by atoms with E-state index >= 15 is 0 Å². The van der Waals surface area contributed by atoms with Crippen molar-refractivity contribution in [1.82, 2.24) is 24.6 Å². The van der Waals surface area contributed by atoms with Crippen LogP contribution in [0.25, 0.3) is 5.00 Å². The van der Waals surface area contributed by atoms with Gasteiger partial charge in [-0.1, -0.05) is 60.1 Å². The lowest BCUT2D eigenvalue weighted by molar-refractivity contribution is 0.342. The summed E-state index contributed by atoms with van der Waals surface area (Å²) in [5.74, 6) is 1.73. The molecule has 0 bridgehead atoms. The third-order valence-electron chi connectivity index (χ3n) is 7.05. The maximum atomic E-state index is 6.67. The maximum Gasteiger partial charge on any atom is 0.171 e. The first-order chi connectivity index (χ1) is 18.0. The van der Waals surface area contributed by atoms with Gasteiger partial charge in [0.2, 0.25) is 0 Å². The van der Waals surface area contributed by atoms with Crippen LogP contribution < -0.4 is 0 Å². The Labute approximate surface area is 231 Å². The molecule has 0 atom stereocenters. The fraction of sp³-hybridized carbons (Fsp3) is 0.286. The molecule has 2 aromatic carbocycles. The topological polar surface area (TPSA) is 49.6 Å². The van der Waals surface area contributed by atoms with Gasteiger partial charge in [-0.2, -0.15) is 0 Å². The van der Waals surface area contributed by atoms with Crippen LogP contribution in [0.1, 0.15) is 38.8 Å². The number of aliphatic imine (C=N–C) groups is 1. The second-order valence-electron chi connectivity index (χ2n) is 9.44. The second kappa shape index (κ2) is 10.0. The van der Waals surface area contributed by atoms with E-state index in [2.05, 4.69) is 68.0 Å². The molecule has 2 aliphatic heterocycles. The highest BCUT2D eigenvalue weighted by molar-refractivity contribution is 7.80. The van der Waals surface area contributed by atoms with Gasteiger partial charge in [0, 0.05) is 41.2 Å². The van der Waals surface area contributed by atoms with Crippen molar-refractivity contribution in [3.8, 4) is 5.00 Å². The lowest BCUT2D eigenvalue weighted by Gasteiger charge is -2.34. The number of fused-ring (bicyclic) bond motifs is 5. The predicted molar refractivity (Wildman–Crippen MR) is 154 cm³/mol. The number of halogens is 1. The van der Waals surface area contributed by atoms with E-state index in [1.165, 1.54) is 16.0 Å². The standard InChI is InChI=1S/C28H27ClN6S2/c1-18-31-32-24-16-30-26(20-10-6-7-11-22(20)29)25-21-13-15-34(17-23(21)37-27(25)35(18)24)28(36)33(2)14-12-19-8-4-3-5-9-19/h3-11H,12-17H2,1-2H3.